The molecule has 4 rings (SSSR count). The Balaban J connectivity index is 1.71. The summed E-state index contributed by atoms with van der Waals surface area (Å²) in [5, 5.41) is 9.56. The number of anilines is 1. The summed E-state index contributed by atoms with van der Waals surface area (Å²) in [5.74, 6) is 0.975. The van der Waals surface area contributed by atoms with E-state index in [0.29, 0.717) is 6.04 Å². The van der Waals surface area contributed by atoms with Crippen molar-refractivity contribution in [3.63, 3.8) is 0 Å². The van der Waals surface area contributed by atoms with Crippen molar-refractivity contribution in [1.29, 1.82) is 0 Å². The van der Waals surface area contributed by atoms with E-state index in [4.69, 9.17) is 0 Å². The van der Waals surface area contributed by atoms with Crippen LogP contribution in [0.2, 0.25) is 0 Å². The first kappa shape index (κ1) is 13.2. The number of nitrogens with zero attached hydrogens (tertiary/aromatic N) is 8. The van der Waals surface area contributed by atoms with Crippen LogP contribution in [0.3, 0.4) is 0 Å². The maximum absolute atomic E-state index is 4.54. The smallest absolute Gasteiger partial charge is 0.163 e. The summed E-state index contributed by atoms with van der Waals surface area (Å²) < 4.78 is 3.68. The lowest BCUT2D eigenvalue weighted by molar-refractivity contribution is 0.397. The van der Waals surface area contributed by atoms with Crippen molar-refractivity contribution in [3.8, 4) is 0 Å². The van der Waals surface area contributed by atoms with Gasteiger partial charge in [0.15, 0.2) is 5.65 Å². The molecule has 0 aliphatic carbocycles. The van der Waals surface area contributed by atoms with Crippen LogP contribution >= 0.6 is 0 Å². The zero-order valence-electron chi connectivity index (χ0n) is 12.5. The van der Waals surface area contributed by atoms with Crippen LogP contribution in [0.5, 0.6) is 0 Å². The lowest BCUT2D eigenvalue weighted by Gasteiger charge is -2.36. The monoisotopic (exact) mass is 298 g/mol. The molecule has 0 spiro atoms. The third kappa shape index (κ3) is 2.20. The van der Waals surface area contributed by atoms with Gasteiger partial charge in [0.2, 0.25) is 0 Å². The van der Waals surface area contributed by atoms with Crippen LogP contribution in [0.25, 0.3) is 11.0 Å². The third-order valence-electron chi connectivity index (χ3n) is 4.27. The maximum Gasteiger partial charge on any atom is 0.163 e. The lowest BCUT2D eigenvalue weighted by atomic mass is 10.0. The Kier molecular flexibility index (Phi) is 3.21. The fraction of sp³-hybridized carbons (Fsp3) is 0.500. The van der Waals surface area contributed by atoms with Crippen molar-refractivity contribution in [2.24, 2.45) is 7.05 Å². The zero-order chi connectivity index (χ0) is 14.9. The molecule has 1 aliphatic heterocycles. The van der Waals surface area contributed by atoms with E-state index >= 15 is 0 Å². The second-order valence-corrected chi connectivity index (χ2v) is 5.66. The number of rotatable bonds is 3. The predicted molar refractivity (Wildman–Crippen MR) is 81.3 cm³/mol. The number of piperidine rings is 1. The fourth-order valence-corrected chi connectivity index (χ4v) is 3.19. The molecule has 1 unspecified atom stereocenters. The summed E-state index contributed by atoms with van der Waals surface area (Å²) in [6.45, 7) is 1.83. The minimum Gasteiger partial charge on any atom is -0.351 e. The van der Waals surface area contributed by atoms with E-state index < -0.39 is 0 Å². The van der Waals surface area contributed by atoms with Gasteiger partial charge in [-0.3, -0.25) is 9.36 Å². The van der Waals surface area contributed by atoms with Gasteiger partial charge in [0.1, 0.15) is 24.8 Å². The highest BCUT2D eigenvalue weighted by Gasteiger charge is 2.26. The molecule has 0 N–H and O–H groups in total. The topological polar surface area (TPSA) is 77.5 Å². The van der Waals surface area contributed by atoms with Crippen LogP contribution in [-0.2, 0) is 13.6 Å². The molecule has 8 nitrogen and oxygen atoms in total. The van der Waals surface area contributed by atoms with Crippen molar-refractivity contribution in [2.45, 2.75) is 31.8 Å². The van der Waals surface area contributed by atoms with Crippen molar-refractivity contribution in [3.05, 3.63) is 25.2 Å². The van der Waals surface area contributed by atoms with Crippen molar-refractivity contribution in [2.75, 3.05) is 11.4 Å². The quantitative estimate of drug-likeness (QED) is 0.718. The van der Waals surface area contributed by atoms with Crippen LogP contribution in [0.4, 0.5) is 5.82 Å². The number of hydrogen-bond donors (Lipinski definition) is 0. The average Bonchev–Trinajstić information content (AvgIpc) is 3.18. The zero-order valence-corrected chi connectivity index (χ0v) is 12.5. The molecule has 1 fully saturated rings. The number of fused-ring (bicyclic) bond motifs is 1. The van der Waals surface area contributed by atoms with E-state index in [1.165, 1.54) is 12.8 Å². The Hall–Kier alpha value is -2.51. The standard InChI is InChI=1S/C14H18N8/c1-20-13-12(6-18-20)14(17-9-16-13)22-5-3-2-4-11(22)7-21-10-15-8-19-21/h6,8-11H,2-5,7H2,1H3. The highest BCUT2D eigenvalue weighted by Crippen LogP contribution is 2.29. The van der Waals surface area contributed by atoms with Crippen LogP contribution in [0.15, 0.2) is 25.2 Å². The molecule has 0 bridgehead atoms. The van der Waals surface area contributed by atoms with E-state index in [1.807, 2.05) is 17.9 Å². The molecule has 1 atom stereocenters. The molecule has 1 aliphatic rings. The Morgan fingerprint density at radius 3 is 3.00 bits per heavy atom. The van der Waals surface area contributed by atoms with E-state index in [0.717, 1.165) is 36.4 Å². The second kappa shape index (κ2) is 5.36. The fourth-order valence-electron chi connectivity index (χ4n) is 3.19. The SMILES string of the molecule is Cn1ncc2c(N3CCCCC3Cn3cncn3)ncnc21. The van der Waals surface area contributed by atoms with Gasteiger partial charge in [-0.2, -0.15) is 10.2 Å². The van der Waals surface area contributed by atoms with Crippen LogP contribution in [-0.4, -0.2) is 47.1 Å². The van der Waals surface area contributed by atoms with Gasteiger partial charge < -0.3 is 4.90 Å². The molecule has 3 aromatic rings. The summed E-state index contributed by atoms with van der Waals surface area (Å²) in [6.07, 6.45) is 10.4. The molecule has 8 heteroatoms. The highest BCUT2D eigenvalue weighted by atomic mass is 15.3. The van der Waals surface area contributed by atoms with Crippen LogP contribution < -0.4 is 4.90 Å². The molecule has 0 saturated carbocycles. The number of hydrogen-bond acceptors (Lipinski definition) is 6. The molecule has 0 aromatic carbocycles. The first-order valence-electron chi connectivity index (χ1n) is 7.54. The van der Waals surface area contributed by atoms with Crippen LogP contribution in [0.1, 0.15) is 19.3 Å². The minimum atomic E-state index is 0.369. The molecule has 3 aromatic heterocycles. The van der Waals surface area contributed by atoms with E-state index in [1.54, 1.807) is 23.7 Å². The summed E-state index contributed by atoms with van der Waals surface area (Å²) in [6, 6.07) is 0.369. The highest BCUT2D eigenvalue weighted by molar-refractivity contribution is 5.86. The van der Waals surface area contributed by atoms with Gasteiger partial charge in [-0.15, -0.1) is 0 Å². The van der Waals surface area contributed by atoms with Crippen molar-refractivity contribution >= 4 is 16.9 Å². The third-order valence-corrected chi connectivity index (χ3v) is 4.27. The van der Waals surface area contributed by atoms with E-state index in [9.17, 15) is 0 Å². The molecule has 22 heavy (non-hydrogen) atoms. The van der Waals surface area contributed by atoms with Gasteiger partial charge in [-0.1, -0.05) is 0 Å². The number of aromatic nitrogens is 7. The maximum atomic E-state index is 4.54. The number of aryl methyl sites for hydroxylation is 1. The van der Waals surface area contributed by atoms with Crippen molar-refractivity contribution in [1.82, 2.24) is 34.5 Å². The minimum absolute atomic E-state index is 0.369. The van der Waals surface area contributed by atoms with Gasteiger partial charge in [0, 0.05) is 13.6 Å². The van der Waals surface area contributed by atoms with Crippen LogP contribution in [0, 0.1) is 0 Å². The first-order chi connectivity index (χ1) is 10.8. The normalized spacial score (nSPS) is 19.0. The molecule has 114 valence electrons. The van der Waals surface area contributed by atoms with Crippen molar-refractivity contribution < 1.29 is 0 Å². The van der Waals surface area contributed by atoms with E-state index in [2.05, 4.69) is 30.0 Å². The summed E-state index contributed by atoms with van der Waals surface area (Å²) in [7, 11) is 1.90. The summed E-state index contributed by atoms with van der Waals surface area (Å²) >= 11 is 0. The molecule has 1 saturated heterocycles. The second-order valence-electron chi connectivity index (χ2n) is 5.66. The van der Waals surface area contributed by atoms with Gasteiger partial charge in [-0.25, -0.2) is 15.0 Å². The molecule has 0 amide bonds. The average molecular weight is 298 g/mol. The lowest BCUT2D eigenvalue weighted by Crippen LogP contribution is -2.43. The Morgan fingerprint density at radius 1 is 1.18 bits per heavy atom. The Labute approximate surface area is 127 Å². The molecular formula is C14H18N8. The van der Waals surface area contributed by atoms with Gasteiger partial charge in [-0.05, 0) is 19.3 Å². The molecule has 4 heterocycles. The molecular weight excluding hydrogens is 280 g/mol. The molecule has 0 radical (unpaired) electrons. The first-order valence-corrected chi connectivity index (χ1v) is 7.54. The van der Waals surface area contributed by atoms with Gasteiger partial charge >= 0.3 is 0 Å². The Morgan fingerprint density at radius 2 is 2.14 bits per heavy atom. The summed E-state index contributed by atoms with van der Waals surface area (Å²) in [4.78, 5) is 15.3. The van der Waals surface area contributed by atoms with Gasteiger partial charge in [0.25, 0.3) is 0 Å². The summed E-state index contributed by atoms with van der Waals surface area (Å²) in [5.41, 5.74) is 0.870. The predicted octanol–water partition coefficient (Wildman–Crippen LogP) is 1.01. The Bertz CT molecular complexity index is 762. The van der Waals surface area contributed by atoms with E-state index in [-0.39, 0.29) is 0 Å². The van der Waals surface area contributed by atoms with Gasteiger partial charge in [0.05, 0.1) is 24.2 Å². The largest absolute Gasteiger partial charge is 0.351 e.